The first-order chi connectivity index (χ1) is 10.3. The van der Waals surface area contributed by atoms with Gasteiger partial charge in [0.05, 0.1) is 6.26 Å². The van der Waals surface area contributed by atoms with Crippen molar-refractivity contribution in [1.82, 2.24) is 0 Å². The molecule has 6 nitrogen and oxygen atoms in total. The second-order valence-electron chi connectivity index (χ2n) is 4.54. The summed E-state index contributed by atoms with van der Waals surface area (Å²) in [5, 5.41) is 5.35. The van der Waals surface area contributed by atoms with Crippen molar-refractivity contribution in [2.45, 2.75) is 0 Å². The molecule has 0 aromatic heterocycles. The number of amides is 2. The number of sulfonamides is 1. The van der Waals surface area contributed by atoms with Crippen LogP contribution in [0.5, 0.6) is 0 Å². The molecule has 0 saturated carbocycles. The van der Waals surface area contributed by atoms with Gasteiger partial charge >= 0.3 is 6.03 Å². The van der Waals surface area contributed by atoms with E-state index >= 15 is 0 Å². The number of halogens is 1. The van der Waals surface area contributed by atoms with E-state index in [2.05, 4.69) is 31.3 Å². The van der Waals surface area contributed by atoms with Gasteiger partial charge in [0.1, 0.15) is 0 Å². The highest BCUT2D eigenvalue weighted by molar-refractivity contribution is 9.10. The van der Waals surface area contributed by atoms with E-state index in [0.29, 0.717) is 17.1 Å². The van der Waals surface area contributed by atoms with Gasteiger partial charge in [-0.3, -0.25) is 4.72 Å². The summed E-state index contributed by atoms with van der Waals surface area (Å²) in [6, 6.07) is 13.2. The summed E-state index contributed by atoms with van der Waals surface area (Å²) >= 11 is 3.32. The molecule has 0 aliphatic heterocycles. The highest BCUT2D eigenvalue weighted by Crippen LogP contribution is 2.17. The third-order valence-electron chi connectivity index (χ3n) is 2.53. The molecular weight excluding hydrogens is 370 g/mol. The summed E-state index contributed by atoms with van der Waals surface area (Å²) in [7, 11) is -3.31. The number of hydrogen-bond acceptors (Lipinski definition) is 3. The summed E-state index contributed by atoms with van der Waals surface area (Å²) in [5.41, 5.74) is 1.63. The average molecular weight is 384 g/mol. The van der Waals surface area contributed by atoms with E-state index in [4.69, 9.17) is 0 Å². The van der Waals surface area contributed by atoms with Gasteiger partial charge in [-0.25, -0.2) is 13.2 Å². The molecule has 22 heavy (non-hydrogen) atoms. The summed E-state index contributed by atoms with van der Waals surface area (Å²) in [6.07, 6.45) is 1.07. The minimum atomic E-state index is -3.31. The largest absolute Gasteiger partial charge is 0.323 e. The lowest BCUT2D eigenvalue weighted by molar-refractivity contribution is 0.262. The highest BCUT2D eigenvalue weighted by Gasteiger charge is 2.05. The monoisotopic (exact) mass is 383 g/mol. The fourth-order valence-corrected chi connectivity index (χ4v) is 2.66. The number of anilines is 3. The van der Waals surface area contributed by atoms with Gasteiger partial charge in [-0.15, -0.1) is 0 Å². The Morgan fingerprint density at radius 2 is 1.55 bits per heavy atom. The van der Waals surface area contributed by atoms with Gasteiger partial charge in [-0.05, 0) is 42.5 Å². The Morgan fingerprint density at radius 1 is 0.955 bits per heavy atom. The van der Waals surface area contributed by atoms with Crippen LogP contribution in [0.3, 0.4) is 0 Å². The van der Waals surface area contributed by atoms with Crippen LogP contribution in [0.25, 0.3) is 0 Å². The maximum atomic E-state index is 11.9. The molecule has 2 amide bonds. The Kier molecular flexibility index (Phi) is 5.04. The van der Waals surface area contributed by atoms with Crippen LogP contribution in [0, 0.1) is 0 Å². The quantitative estimate of drug-likeness (QED) is 0.755. The van der Waals surface area contributed by atoms with Crippen molar-refractivity contribution in [1.29, 1.82) is 0 Å². The zero-order valence-corrected chi connectivity index (χ0v) is 14.0. The zero-order valence-electron chi connectivity index (χ0n) is 11.6. The van der Waals surface area contributed by atoms with E-state index in [1.807, 2.05) is 12.1 Å². The van der Waals surface area contributed by atoms with Crippen molar-refractivity contribution in [3.8, 4) is 0 Å². The number of benzene rings is 2. The van der Waals surface area contributed by atoms with Crippen LogP contribution in [0.15, 0.2) is 53.0 Å². The Bertz CT molecular complexity index is 776. The van der Waals surface area contributed by atoms with Gasteiger partial charge in [0.15, 0.2) is 0 Å². The Balaban J connectivity index is 1.97. The third-order valence-corrected chi connectivity index (χ3v) is 3.63. The standard InChI is InChI=1S/C14H14BrN3O3S/c1-22(20,21)18-12-7-5-11(6-8-12)16-14(19)17-13-4-2-3-10(15)9-13/h2-9,18H,1H3,(H2,16,17,19). The number of rotatable bonds is 4. The van der Waals surface area contributed by atoms with Crippen molar-refractivity contribution in [2.75, 3.05) is 21.6 Å². The second-order valence-corrected chi connectivity index (χ2v) is 7.21. The molecule has 116 valence electrons. The predicted octanol–water partition coefficient (Wildman–Crippen LogP) is 3.46. The summed E-state index contributed by atoms with van der Waals surface area (Å²) in [6.45, 7) is 0. The first-order valence-electron chi connectivity index (χ1n) is 6.23. The smallest absolute Gasteiger partial charge is 0.308 e. The van der Waals surface area contributed by atoms with E-state index in [9.17, 15) is 13.2 Å². The van der Waals surface area contributed by atoms with Crippen LogP contribution in [0.2, 0.25) is 0 Å². The van der Waals surface area contributed by atoms with Gasteiger partial charge in [0.25, 0.3) is 0 Å². The van der Waals surface area contributed by atoms with Gasteiger partial charge in [0.2, 0.25) is 10.0 Å². The molecule has 0 bridgehead atoms. The van der Waals surface area contributed by atoms with Gasteiger partial charge in [0, 0.05) is 21.5 Å². The van der Waals surface area contributed by atoms with Crippen LogP contribution in [-0.4, -0.2) is 20.7 Å². The predicted molar refractivity (Wildman–Crippen MR) is 91.7 cm³/mol. The van der Waals surface area contributed by atoms with Gasteiger partial charge in [-0.1, -0.05) is 22.0 Å². The lowest BCUT2D eigenvalue weighted by atomic mass is 10.3. The Labute approximate surface area is 137 Å². The minimum absolute atomic E-state index is 0.387. The molecule has 0 spiro atoms. The third kappa shape index (κ3) is 5.38. The van der Waals surface area contributed by atoms with Crippen LogP contribution >= 0.6 is 15.9 Å². The van der Waals surface area contributed by atoms with E-state index in [1.54, 1.807) is 36.4 Å². The van der Waals surface area contributed by atoms with Crippen LogP contribution in [0.1, 0.15) is 0 Å². The molecule has 0 atom stereocenters. The first kappa shape index (κ1) is 16.3. The van der Waals surface area contributed by atoms with E-state index in [0.717, 1.165) is 10.7 Å². The molecule has 2 aromatic carbocycles. The van der Waals surface area contributed by atoms with Crippen LogP contribution < -0.4 is 15.4 Å². The van der Waals surface area contributed by atoms with Crippen molar-refractivity contribution in [3.63, 3.8) is 0 Å². The van der Waals surface area contributed by atoms with E-state index in [-0.39, 0.29) is 6.03 Å². The highest BCUT2D eigenvalue weighted by atomic mass is 79.9. The molecule has 2 aromatic rings. The molecule has 0 fully saturated rings. The minimum Gasteiger partial charge on any atom is -0.308 e. The van der Waals surface area contributed by atoms with Gasteiger partial charge < -0.3 is 10.6 Å². The number of carbonyl (C=O) groups excluding carboxylic acids is 1. The Morgan fingerprint density at radius 3 is 2.14 bits per heavy atom. The molecule has 8 heteroatoms. The molecule has 0 unspecified atom stereocenters. The van der Waals surface area contributed by atoms with Crippen molar-refractivity contribution in [2.24, 2.45) is 0 Å². The fraction of sp³-hybridized carbons (Fsp3) is 0.0714. The van der Waals surface area contributed by atoms with E-state index in [1.165, 1.54) is 0 Å². The summed E-state index contributed by atoms with van der Waals surface area (Å²) in [4.78, 5) is 11.9. The topological polar surface area (TPSA) is 87.3 Å². The van der Waals surface area contributed by atoms with Crippen molar-refractivity contribution >= 4 is 49.0 Å². The number of carbonyl (C=O) groups is 1. The lowest BCUT2D eigenvalue weighted by Crippen LogP contribution is -2.19. The molecule has 0 aliphatic carbocycles. The molecular formula is C14H14BrN3O3S. The molecule has 0 radical (unpaired) electrons. The average Bonchev–Trinajstić information content (AvgIpc) is 2.39. The first-order valence-corrected chi connectivity index (χ1v) is 8.92. The van der Waals surface area contributed by atoms with Crippen LogP contribution in [-0.2, 0) is 10.0 Å². The maximum Gasteiger partial charge on any atom is 0.323 e. The SMILES string of the molecule is CS(=O)(=O)Nc1ccc(NC(=O)Nc2cccc(Br)c2)cc1. The van der Waals surface area contributed by atoms with Crippen molar-refractivity contribution in [3.05, 3.63) is 53.0 Å². The Hall–Kier alpha value is -2.06. The van der Waals surface area contributed by atoms with Gasteiger partial charge in [-0.2, -0.15) is 0 Å². The summed E-state index contributed by atoms with van der Waals surface area (Å²) < 4.78 is 25.4. The number of urea groups is 1. The van der Waals surface area contributed by atoms with Crippen molar-refractivity contribution < 1.29 is 13.2 Å². The molecule has 0 heterocycles. The second kappa shape index (κ2) is 6.80. The summed E-state index contributed by atoms with van der Waals surface area (Å²) in [5.74, 6) is 0. The van der Waals surface area contributed by atoms with Crippen LogP contribution in [0.4, 0.5) is 21.9 Å². The molecule has 2 rings (SSSR count). The fourth-order valence-electron chi connectivity index (χ4n) is 1.70. The molecule has 3 N–H and O–H groups in total. The maximum absolute atomic E-state index is 11.9. The van der Waals surface area contributed by atoms with E-state index < -0.39 is 10.0 Å². The number of nitrogens with one attached hydrogen (secondary N) is 3. The number of hydrogen-bond donors (Lipinski definition) is 3. The lowest BCUT2D eigenvalue weighted by Gasteiger charge is -2.09. The zero-order chi connectivity index (χ0) is 16.2. The molecule has 0 saturated heterocycles. The molecule has 0 aliphatic rings. The normalized spacial score (nSPS) is 10.8.